The highest BCUT2D eigenvalue weighted by Gasteiger charge is 2.24. The van der Waals surface area contributed by atoms with Gasteiger partial charge in [0.1, 0.15) is 0 Å². The van der Waals surface area contributed by atoms with Gasteiger partial charge in [-0.05, 0) is 17.7 Å². The van der Waals surface area contributed by atoms with E-state index in [4.69, 9.17) is 4.74 Å². The van der Waals surface area contributed by atoms with Crippen LogP contribution in [0, 0.1) is 0 Å². The van der Waals surface area contributed by atoms with E-state index < -0.39 is 9.84 Å². The summed E-state index contributed by atoms with van der Waals surface area (Å²) in [5.74, 6) is 0. The SMILES string of the molecule is COC[C@H]1CN(Cc2ccc(S(C)(=O)=O)cc2)Cc2cncn21. The Bertz CT molecular complexity index is 768. The number of ether oxygens (including phenoxy) is 1. The normalized spacial score (nSPS) is 18.8. The van der Waals surface area contributed by atoms with E-state index in [0.29, 0.717) is 11.5 Å². The van der Waals surface area contributed by atoms with Gasteiger partial charge in [-0.25, -0.2) is 13.4 Å². The van der Waals surface area contributed by atoms with Crippen LogP contribution < -0.4 is 0 Å². The van der Waals surface area contributed by atoms with Crippen LogP contribution in [-0.2, 0) is 27.7 Å². The minimum atomic E-state index is -3.14. The number of rotatable bonds is 5. The van der Waals surface area contributed by atoms with E-state index in [1.165, 1.54) is 11.9 Å². The second-order valence-electron chi connectivity index (χ2n) is 5.99. The number of nitrogens with zero attached hydrogens (tertiary/aromatic N) is 3. The van der Waals surface area contributed by atoms with Crippen LogP contribution in [0.2, 0.25) is 0 Å². The molecule has 0 fully saturated rings. The van der Waals surface area contributed by atoms with Crippen molar-refractivity contribution in [1.29, 1.82) is 0 Å². The summed E-state index contributed by atoms with van der Waals surface area (Å²) in [6, 6.07) is 7.36. The predicted octanol–water partition coefficient (Wildman–Crippen LogP) is 1.49. The second-order valence-corrected chi connectivity index (χ2v) is 8.00. The molecule has 0 spiro atoms. The minimum absolute atomic E-state index is 0.251. The number of aromatic nitrogens is 2. The van der Waals surface area contributed by atoms with Crippen LogP contribution in [0.5, 0.6) is 0 Å². The Morgan fingerprint density at radius 3 is 2.70 bits per heavy atom. The van der Waals surface area contributed by atoms with Gasteiger partial charge in [-0.2, -0.15) is 0 Å². The summed E-state index contributed by atoms with van der Waals surface area (Å²) in [7, 11) is -1.44. The van der Waals surface area contributed by atoms with Crippen LogP contribution in [0.25, 0.3) is 0 Å². The highest BCUT2D eigenvalue weighted by atomic mass is 32.2. The molecule has 3 rings (SSSR count). The van der Waals surface area contributed by atoms with Gasteiger partial charge < -0.3 is 9.30 Å². The van der Waals surface area contributed by atoms with Gasteiger partial charge in [0.25, 0.3) is 0 Å². The standard InChI is InChI=1S/C16H21N3O3S/c1-22-11-15-10-18(9-14-7-17-12-19(14)15)8-13-3-5-16(6-4-13)23(2,20)21/h3-7,12,15H,8-11H2,1-2H3/t15-/m1/s1. The molecule has 1 aliphatic rings. The van der Waals surface area contributed by atoms with Crippen LogP contribution >= 0.6 is 0 Å². The zero-order valence-electron chi connectivity index (χ0n) is 13.3. The van der Waals surface area contributed by atoms with Crippen molar-refractivity contribution in [3.63, 3.8) is 0 Å². The highest BCUT2D eigenvalue weighted by Crippen LogP contribution is 2.23. The molecular formula is C16H21N3O3S. The number of methoxy groups -OCH3 is 1. The van der Waals surface area contributed by atoms with Crippen molar-refractivity contribution >= 4 is 9.84 Å². The lowest BCUT2D eigenvalue weighted by Gasteiger charge is -2.34. The van der Waals surface area contributed by atoms with Crippen molar-refractivity contribution in [3.8, 4) is 0 Å². The Balaban J connectivity index is 1.74. The largest absolute Gasteiger partial charge is 0.382 e. The number of hydrogen-bond acceptors (Lipinski definition) is 5. The first-order valence-corrected chi connectivity index (χ1v) is 9.37. The molecule has 0 bridgehead atoms. The Labute approximate surface area is 136 Å². The van der Waals surface area contributed by atoms with E-state index >= 15 is 0 Å². The Morgan fingerprint density at radius 2 is 2.04 bits per heavy atom. The van der Waals surface area contributed by atoms with Gasteiger partial charge in [0.2, 0.25) is 0 Å². The molecule has 1 aromatic carbocycles. The maximum atomic E-state index is 11.5. The first kappa shape index (κ1) is 16.2. The number of benzene rings is 1. The second kappa shape index (κ2) is 6.43. The summed E-state index contributed by atoms with van der Waals surface area (Å²) in [5, 5.41) is 0. The summed E-state index contributed by atoms with van der Waals surface area (Å²) in [6.07, 6.45) is 4.97. The third-order valence-electron chi connectivity index (χ3n) is 4.11. The molecule has 1 aliphatic heterocycles. The first-order chi connectivity index (χ1) is 11.0. The minimum Gasteiger partial charge on any atom is -0.382 e. The van der Waals surface area contributed by atoms with Gasteiger partial charge in [0, 0.05) is 39.2 Å². The molecule has 0 radical (unpaired) electrons. The summed E-state index contributed by atoms with van der Waals surface area (Å²) in [5.41, 5.74) is 2.27. The zero-order valence-corrected chi connectivity index (χ0v) is 14.2. The van der Waals surface area contributed by atoms with Gasteiger partial charge in [-0.1, -0.05) is 12.1 Å². The van der Waals surface area contributed by atoms with Crippen molar-refractivity contribution in [2.75, 3.05) is 26.5 Å². The number of hydrogen-bond donors (Lipinski definition) is 0. The molecule has 6 nitrogen and oxygen atoms in total. The van der Waals surface area contributed by atoms with Gasteiger partial charge >= 0.3 is 0 Å². The van der Waals surface area contributed by atoms with Crippen LogP contribution in [0.3, 0.4) is 0 Å². The fourth-order valence-electron chi connectivity index (χ4n) is 3.01. The molecule has 0 saturated heterocycles. The summed E-state index contributed by atoms with van der Waals surface area (Å²) in [6.45, 7) is 3.13. The van der Waals surface area contributed by atoms with Gasteiger partial charge in [-0.3, -0.25) is 4.90 Å². The fourth-order valence-corrected chi connectivity index (χ4v) is 3.64. The molecular weight excluding hydrogens is 314 g/mol. The third kappa shape index (κ3) is 3.63. The van der Waals surface area contributed by atoms with E-state index in [1.807, 2.05) is 24.7 Å². The Morgan fingerprint density at radius 1 is 1.30 bits per heavy atom. The predicted molar refractivity (Wildman–Crippen MR) is 86.8 cm³/mol. The van der Waals surface area contributed by atoms with Crippen LogP contribution in [0.4, 0.5) is 0 Å². The van der Waals surface area contributed by atoms with Crippen molar-refractivity contribution in [2.45, 2.75) is 24.0 Å². The maximum Gasteiger partial charge on any atom is 0.175 e. The zero-order chi connectivity index (χ0) is 16.4. The lowest BCUT2D eigenvalue weighted by molar-refractivity contribution is 0.0983. The topological polar surface area (TPSA) is 64.4 Å². The molecule has 0 amide bonds. The summed E-state index contributed by atoms with van der Waals surface area (Å²) < 4.78 is 30.5. The number of fused-ring (bicyclic) bond motifs is 1. The molecule has 1 aromatic heterocycles. The third-order valence-corrected chi connectivity index (χ3v) is 5.24. The lowest BCUT2D eigenvalue weighted by atomic mass is 10.1. The van der Waals surface area contributed by atoms with E-state index in [9.17, 15) is 8.42 Å². The molecule has 2 aromatic rings. The van der Waals surface area contributed by atoms with Crippen LogP contribution in [0.15, 0.2) is 41.7 Å². The highest BCUT2D eigenvalue weighted by molar-refractivity contribution is 7.90. The molecule has 0 aliphatic carbocycles. The van der Waals surface area contributed by atoms with Crippen LogP contribution in [-0.4, -0.2) is 49.4 Å². The lowest BCUT2D eigenvalue weighted by Crippen LogP contribution is -2.38. The van der Waals surface area contributed by atoms with E-state index in [1.54, 1.807) is 19.2 Å². The molecule has 0 N–H and O–H groups in total. The van der Waals surface area contributed by atoms with Crippen LogP contribution in [0.1, 0.15) is 17.3 Å². The molecule has 124 valence electrons. The molecule has 23 heavy (non-hydrogen) atoms. The van der Waals surface area contributed by atoms with E-state index in [-0.39, 0.29) is 6.04 Å². The number of sulfone groups is 1. The molecule has 0 unspecified atom stereocenters. The average molecular weight is 335 g/mol. The maximum absolute atomic E-state index is 11.5. The first-order valence-electron chi connectivity index (χ1n) is 7.48. The van der Waals surface area contributed by atoms with Crippen molar-refractivity contribution < 1.29 is 13.2 Å². The number of imidazole rings is 1. The smallest absolute Gasteiger partial charge is 0.175 e. The van der Waals surface area contributed by atoms with Gasteiger partial charge in [0.05, 0.1) is 29.6 Å². The molecule has 2 heterocycles. The van der Waals surface area contributed by atoms with Gasteiger partial charge in [-0.15, -0.1) is 0 Å². The van der Waals surface area contributed by atoms with E-state index in [2.05, 4.69) is 14.5 Å². The van der Waals surface area contributed by atoms with Crippen molar-refractivity contribution in [2.24, 2.45) is 0 Å². The summed E-state index contributed by atoms with van der Waals surface area (Å²) in [4.78, 5) is 6.92. The Kier molecular flexibility index (Phi) is 4.52. The monoisotopic (exact) mass is 335 g/mol. The van der Waals surface area contributed by atoms with Crippen molar-refractivity contribution in [3.05, 3.63) is 48.0 Å². The van der Waals surface area contributed by atoms with Crippen molar-refractivity contribution in [1.82, 2.24) is 14.5 Å². The Hall–Kier alpha value is -1.70. The fraction of sp³-hybridized carbons (Fsp3) is 0.438. The molecule has 7 heteroatoms. The summed E-state index contributed by atoms with van der Waals surface area (Å²) >= 11 is 0. The molecule has 0 saturated carbocycles. The average Bonchev–Trinajstić information content (AvgIpc) is 2.96. The van der Waals surface area contributed by atoms with Gasteiger partial charge in [0.15, 0.2) is 9.84 Å². The quantitative estimate of drug-likeness (QED) is 0.828. The molecule has 1 atom stereocenters. The van der Waals surface area contributed by atoms with E-state index in [0.717, 1.165) is 25.2 Å².